The van der Waals surface area contributed by atoms with Gasteiger partial charge in [-0.1, -0.05) is 13.0 Å². The van der Waals surface area contributed by atoms with E-state index in [4.69, 9.17) is 4.74 Å². The first-order valence-corrected chi connectivity index (χ1v) is 9.61. The number of amides is 1. The second-order valence-electron chi connectivity index (χ2n) is 7.63. The third kappa shape index (κ3) is 6.03. The fraction of sp³-hybridized carbons (Fsp3) is 0.667. The minimum absolute atomic E-state index is 0.0363. The van der Waals surface area contributed by atoms with Crippen molar-refractivity contribution in [3.05, 3.63) is 28.8 Å². The number of nitrogens with zero attached hydrogens (tertiary/aromatic N) is 1. The van der Waals surface area contributed by atoms with Crippen LogP contribution in [0.4, 0.5) is 0 Å². The molecule has 0 aromatic heterocycles. The lowest BCUT2D eigenvalue weighted by molar-refractivity contribution is -0.127. The van der Waals surface area contributed by atoms with Crippen LogP contribution in [0, 0.1) is 26.7 Å². The number of nitrogens with one attached hydrogen (secondary N) is 1. The number of aryl methyl sites for hydroxylation is 2. The maximum absolute atomic E-state index is 12.3. The van der Waals surface area contributed by atoms with Crippen LogP contribution in [0.5, 0.6) is 5.75 Å². The minimum atomic E-state index is -0.476. The van der Waals surface area contributed by atoms with Crippen LogP contribution in [0.25, 0.3) is 0 Å². The van der Waals surface area contributed by atoms with E-state index in [9.17, 15) is 4.79 Å². The first-order valence-electron chi connectivity index (χ1n) is 9.61. The van der Waals surface area contributed by atoms with E-state index in [0.717, 1.165) is 35.8 Å². The van der Waals surface area contributed by atoms with Crippen molar-refractivity contribution in [3.8, 4) is 5.75 Å². The zero-order valence-corrected chi connectivity index (χ0v) is 16.5. The molecule has 1 aliphatic rings. The molecule has 1 N–H and O–H groups in total. The average Bonchev–Trinajstić information content (AvgIpc) is 2.57. The molecule has 1 atom stereocenters. The normalized spacial score (nSPS) is 17.3. The van der Waals surface area contributed by atoms with Crippen LogP contribution in [0.3, 0.4) is 0 Å². The lowest BCUT2D eigenvalue weighted by atomic mass is 9.99. The maximum atomic E-state index is 12.3. The Balaban J connectivity index is 1.72. The Bertz CT molecular complexity index is 578. The topological polar surface area (TPSA) is 41.6 Å². The number of hydrogen-bond donors (Lipinski definition) is 1. The van der Waals surface area contributed by atoms with E-state index in [1.807, 2.05) is 26.8 Å². The summed E-state index contributed by atoms with van der Waals surface area (Å²) in [6, 6.07) is 4.14. The van der Waals surface area contributed by atoms with Gasteiger partial charge in [0.1, 0.15) is 5.75 Å². The summed E-state index contributed by atoms with van der Waals surface area (Å²) in [6.45, 7) is 14.5. The molecule has 1 aromatic carbocycles. The third-order valence-electron chi connectivity index (χ3n) is 5.26. The summed E-state index contributed by atoms with van der Waals surface area (Å²) >= 11 is 0. The number of hydrogen-bond acceptors (Lipinski definition) is 3. The molecule has 0 unspecified atom stereocenters. The number of rotatable bonds is 7. The molecule has 1 fully saturated rings. The van der Waals surface area contributed by atoms with Crippen molar-refractivity contribution in [2.45, 2.75) is 60.0 Å². The second-order valence-corrected chi connectivity index (χ2v) is 7.63. The van der Waals surface area contributed by atoms with Crippen LogP contribution < -0.4 is 10.1 Å². The van der Waals surface area contributed by atoms with E-state index in [1.54, 1.807) is 0 Å². The van der Waals surface area contributed by atoms with Gasteiger partial charge in [0, 0.05) is 6.54 Å². The first-order chi connectivity index (χ1) is 11.9. The molecule has 1 heterocycles. The Morgan fingerprint density at radius 3 is 2.64 bits per heavy atom. The summed E-state index contributed by atoms with van der Waals surface area (Å²) in [5.41, 5.74) is 3.45. The molecular weight excluding hydrogens is 312 g/mol. The molecule has 1 saturated heterocycles. The molecule has 0 spiro atoms. The van der Waals surface area contributed by atoms with Gasteiger partial charge in [0.15, 0.2) is 6.10 Å². The van der Waals surface area contributed by atoms with E-state index < -0.39 is 6.10 Å². The average molecular weight is 347 g/mol. The molecule has 25 heavy (non-hydrogen) atoms. The van der Waals surface area contributed by atoms with Gasteiger partial charge in [-0.2, -0.15) is 0 Å². The summed E-state index contributed by atoms with van der Waals surface area (Å²) in [4.78, 5) is 14.8. The number of ether oxygens (including phenoxy) is 1. The van der Waals surface area contributed by atoms with Crippen molar-refractivity contribution in [2.75, 3.05) is 26.2 Å². The van der Waals surface area contributed by atoms with Crippen LogP contribution >= 0.6 is 0 Å². The summed E-state index contributed by atoms with van der Waals surface area (Å²) < 4.78 is 5.90. The zero-order valence-electron chi connectivity index (χ0n) is 16.5. The molecule has 140 valence electrons. The number of benzene rings is 1. The van der Waals surface area contributed by atoms with Crippen molar-refractivity contribution >= 4 is 5.91 Å². The third-order valence-corrected chi connectivity index (χ3v) is 5.26. The van der Waals surface area contributed by atoms with Crippen molar-refractivity contribution in [1.29, 1.82) is 0 Å². The number of piperidine rings is 1. The van der Waals surface area contributed by atoms with Crippen molar-refractivity contribution in [1.82, 2.24) is 10.2 Å². The van der Waals surface area contributed by atoms with Gasteiger partial charge < -0.3 is 15.0 Å². The van der Waals surface area contributed by atoms with E-state index in [0.29, 0.717) is 6.54 Å². The van der Waals surface area contributed by atoms with Gasteiger partial charge in [0.2, 0.25) is 0 Å². The maximum Gasteiger partial charge on any atom is 0.260 e. The molecule has 0 saturated carbocycles. The smallest absolute Gasteiger partial charge is 0.260 e. The minimum Gasteiger partial charge on any atom is -0.481 e. The van der Waals surface area contributed by atoms with Crippen molar-refractivity contribution in [2.24, 2.45) is 5.92 Å². The Morgan fingerprint density at radius 1 is 1.28 bits per heavy atom. The highest BCUT2D eigenvalue weighted by Gasteiger charge is 2.17. The Labute approximate surface area is 152 Å². The fourth-order valence-corrected chi connectivity index (χ4v) is 3.31. The van der Waals surface area contributed by atoms with Gasteiger partial charge in [-0.3, -0.25) is 4.79 Å². The molecule has 1 amide bonds. The Kier molecular flexibility index (Phi) is 7.30. The van der Waals surface area contributed by atoms with E-state index in [-0.39, 0.29) is 5.91 Å². The summed E-state index contributed by atoms with van der Waals surface area (Å²) in [5.74, 6) is 1.64. The van der Waals surface area contributed by atoms with Crippen molar-refractivity contribution < 1.29 is 9.53 Å². The molecule has 4 heteroatoms. The Morgan fingerprint density at radius 2 is 1.96 bits per heavy atom. The van der Waals surface area contributed by atoms with E-state index in [1.165, 1.54) is 31.5 Å². The largest absolute Gasteiger partial charge is 0.481 e. The Hall–Kier alpha value is -1.55. The monoisotopic (exact) mass is 346 g/mol. The van der Waals surface area contributed by atoms with Crippen LogP contribution in [0.1, 0.15) is 49.8 Å². The predicted molar refractivity (Wildman–Crippen MR) is 103 cm³/mol. The zero-order chi connectivity index (χ0) is 18.4. The van der Waals surface area contributed by atoms with Gasteiger partial charge in [-0.05, 0) is 95.3 Å². The first kappa shape index (κ1) is 19.8. The molecule has 1 aliphatic heterocycles. The SMILES string of the molecule is Cc1cc(C)c(C)c(O[C@H](C)C(=O)NCCCN2CCC(C)CC2)c1. The number of carbonyl (C=O) groups is 1. The highest BCUT2D eigenvalue weighted by Crippen LogP contribution is 2.24. The fourth-order valence-electron chi connectivity index (χ4n) is 3.31. The van der Waals surface area contributed by atoms with Gasteiger partial charge >= 0.3 is 0 Å². The summed E-state index contributed by atoms with van der Waals surface area (Å²) in [6.07, 6.45) is 3.12. The van der Waals surface area contributed by atoms with Crippen LogP contribution in [-0.2, 0) is 4.79 Å². The predicted octanol–water partition coefficient (Wildman–Crippen LogP) is 3.62. The second kappa shape index (κ2) is 9.23. The number of carbonyl (C=O) groups excluding carboxylic acids is 1. The van der Waals surface area contributed by atoms with E-state index >= 15 is 0 Å². The quantitative estimate of drug-likeness (QED) is 0.767. The lowest BCUT2D eigenvalue weighted by Crippen LogP contribution is -2.39. The molecule has 2 rings (SSSR count). The number of likely N-dealkylation sites (tertiary alicyclic amines) is 1. The standard InChI is InChI=1S/C21H34N2O2/c1-15-7-11-23(12-8-15)10-6-9-22-21(24)19(5)25-20-14-16(2)13-17(3)18(20)4/h13-15,19H,6-12H2,1-5H3,(H,22,24)/t19-/m1/s1. The van der Waals surface area contributed by atoms with Crippen molar-refractivity contribution in [3.63, 3.8) is 0 Å². The summed E-state index contributed by atoms with van der Waals surface area (Å²) in [7, 11) is 0. The highest BCUT2D eigenvalue weighted by molar-refractivity contribution is 5.80. The van der Waals surface area contributed by atoms with Gasteiger partial charge in [0.25, 0.3) is 5.91 Å². The molecule has 0 aliphatic carbocycles. The van der Waals surface area contributed by atoms with Gasteiger partial charge in [0.05, 0.1) is 0 Å². The molecule has 0 radical (unpaired) electrons. The lowest BCUT2D eigenvalue weighted by Gasteiger charge is -2.30. The highest BCUT2D eigenvalue weighted by atomic mass is 16.5. The van der Waals surface area contributed by atoms with Crippen LogP contribution in [0.2, 0.25) is 0 Å². The van der Waals surface area contributed by atoms with Gasteiger partial charge in [-0.25, -0.2) is 0 Å². The molecule has 0 bridgehead atoms. The molecular formula is C21H34N2O2. The van der Waals surface area contributed by atoms with Crippen LogP contribution in [0.15, 0.2) is 12.1 Å². The summed E-state index contributed by atoms with van der Waals surface area (Å²) in [5, 5.41) is 3.01. The van der Waals surface area contributed by atoms with Gasteiger partial charge in [-0.15, -0.1) is 0 Å². The molecule has 1 aromatic rings. The van der Waals surface area contributed by atoms with Crippen LogP contribution in [-0.4, -0.2) is 43.1 Å². The van der Waals surface area contributed by atoms with E-state index in [2.05, 4.69) is 30.1 Å². The molecule has 4 nitrogen and oxygen atoms in total.